The van der Waals surface area contributed by atoms with E-state index >= 15 is 0 Å². The number of amides is 1. The molecule has 0 aliphatic carbocycles. The molecule has 0 spiro atoms. The van der Waals surface area contributed by atoms with Crippen molar-refractivity contribution in [3.05, 3.63) is 96.8 Å². The van der Waals surface area contributed by atoms with Crippen LogP contribution in [0.4, 0.5) is 5.69 Å². The molecule has 6 nitrogen and oxygen atoms in total. The van der Waals surface area contributed by atoms with Crippen LogP contribution < -0.4 is 10.1 Å². The number of anilines is 1. The van der Waals surface area contributed by atoms with Gasteiger partial charge in [-0.05, 0) is 61.2 Å². The molecule has 0 fully saturated rings. The minimum atomic E-state index is 0.0534. The molecule has 6 heteroatoms. The van der Waals surface area contributed by atoms with E-state index in [2.05, 4.69) is 35.7 Å². The highest BCUT2D eigenvalue weighted by molar-refractivity contribution is 5.94. The molecule has 0 aromatic heterocycles. The van der Waals surface area contributed by atoms with Gasteiger partial charge in [-0.15, -0.1) is 0 Å². The van der Waals surface area contributed by atoms with Gasteiger partial charge in [-0.2, -0.15) is 0 Å². The summed E-state index contributed by atoms with van der Waals surface area (Å²) in [5.74, 6) is 0.951. The second-order valence-corrected chi connectivity index (χ2v) is 7.38. The van der Waals surface area contributed by atoms with Crippen molar-refractivity contribution < 1.29 is 23.9 Å². The molecule has 3 aromatic rings. The number of hydrogen-bond donors (Lipinski definition) is 1. The van der Waals surface area contributed by atoms with Gasteiger partial charge in [0.15, 0.2) is 5.78 Å². The van der Waals surface area contributed by atoms with Gasteiger partial charge in [0.2, 0.25) is 5.91 Å². The van der Waals surface area contributed by atoms with Crippen molar-refractivity contribution >= 4 is 24.2 Å². The molecule has 0 saturated heterocycles. The lowest BCUT2D eigenvalue weighted by atomic mass is 9.99. The molecule has 3 rings (SSSR count). The summed E-state index contributed by atoms with van der Waals surface area (Å²) in [4.78, 5) is 30.4. The molecule has 0 aliphatic heterocycles. The molecular formula is C30H37NO5. The average molecular weight is 492 g/mol. The van der Waals surface area contributed by atoms with Crippen molar-refractivity contribution in [2.75, 3.05) is 19.5 Å². The molecule has 0 aliphatic rings. The monoisotopic (exact) mass is 491 g/mol. The Bertz CT molecular complexity index is 1040. The topological polar surface area (TPSA) is 81.7 Å². The Balaban J connectivity index is 0.000000563. The summed E-state index contributed by atoms with van der Waals surface area (Å²) in [7, 11) is 3.18. The molecular weight excluding hydrogens is 454 g/mol. The van der Waals surface area contributed by atoms with Gasteiger partial charge < -0.3 is 19.6 Å². The second kappa shape index (κ2) is 19.2. The highest BCUT2D eigenvalue weighted by Gasteiger charge is 2.03. The summed E-state index contributed by atoms with van der Waals surface area (Å²) >= 11 is 0. The lowest BCUT2D eigenvalue weighted by Crippen LogP contribution is -2.10. The maximum absolute atomic E-state index is 11.2. The number of nitrogens with one attached hydrogen (secondary N) is 1. The molecule has 192 valence electrons. The van der Waals surface area contributed by atoms with Gasteiger partial charge in [0.1, 0.15) is 12.5 Å². The van der Waals surface area contributed by atoms with E-state index < -0.39 is 0 Å². The van der Waals surface area contributed by atoms with E-state index in [1.807, 2.05) is 74.4 Å². The first-order chi connectivity index (χ1) is 17.4. The molecule has 3 aromatic carbocycles. The molecule has 0 heterocycles. The fourth-order valence-corrected chi connectivity index (χ4v) is 2.91. The number of carbonyl (C=O) groups is 3. The van der Waals surface area contributed by atoms with Crippen molar-refractivity contribution in [2.45, 2.75) is 33.6 Å². The van der Waals surface area contributed by atoms with E-state index in [0.717, 1.165) is 29.0 Å². The number of ketones is 1. The van der Waals surface area contributed by atoms with Crippen molar-refractivity contribution in [3.63, 3.8) is 0 Å². The molecule has 0 radical (unpaired) electrons. The fraction of sp³-hybridized carbons (Fsp3) is 0.233. The average Bonchev–Trinajstić information content (AvgIpc) is 2.91. The van der Waals surface area contributed by atoms with Gasteiger partial charge in [0, 0.05) is 17.7 Å². The van der Waals surface area contributed by atoms with Gasteiger partial charge in [0.25, 0.3) is 0 Å². The molecule has 0 saturated carbocycles. The third-order valence-electron chi connectivity index (χ3n) is 4.77. The quantitative estimate of drug-likeness (QED) is 0.287. The molecule has 0 atom stereocenters. The van der Waals surface area contributed by atoms with E-state index in [4.69, 9.17) is 9.53 Å². The molecule has 1 amide bonds. The smallest absolute Gasteiger partial charge is 0.224 e. The zero-order valence-electron chi connectivity index (χ0n) is 21.9. The lowest BCUT2D eigenvalue weighted by Gasteiger charge is -2.05. The minimum absolute atomic E-state index is 0.0534. The number of aryl methyl sites for hydroxylation is 1. The number of hydrogen-bond acceptors (Lipinski definition) is 5. The molecule has 36 heavy (non-hydrogen) atoms. The summed E-state index contributed by atoms with van der Waals surface area (Å²) in [6, 6.07) is 23.3. The first-order valence-corrected chi connectivity index (χ1v) is 11.4. The third kappa shape index (κ3) is 12.3. The Kier molecular flexibility index (Phi) is 16.9. The summed E-state index contributed by atoms with van der Waals surface area (Å²) < 4.78 is 9.31. The summed E-state index contributed by atoms with van der Waals surface area (Å²) in [6.07, 6.45) is 2.80. The highest BCUT2D eigenvalue weighted by atomic mass is 16.5. The van der Waals surface area contributed by atoms with Crippen molar-refractivity contribution in [2.24, 2.45) is 0 Å². The van der Waals surface area contributed by atoms with Crippen LogP contribution in [0.15, 0.2) is 85.6 Å². The number of rotatable bonds is 7. The van der Waals surface area contributed by atoms with Gasteiger partial charge >= 0.3 is 0 Å². The van der Waals surface area contributed by atoms with Crippen LogP contribution >= 0.6 is 0 Å². The molecule has 0 unspecified atom stereocenters. The third-order valence-corrected chi connectivity index (χ3v) is 4.77. The summed E-state index contributed by atoms with van der Waals surface area (Å²) in [5, 5.41) is 2.80. The fourth-order valence-electron chi connectivity index (χ4n) is 2.91. The number of methoxy groups -OCH3 is 2. The largest absolute Gasteiger partial charge is 0.505 e. The summed E-state index contributed by atoms with van der Waals surface area (Å²) in [6.45, 7) is 10.9. The van der Waals surface area contributed by atoms with Crippen molar-refractivity contribution in [3.8, 4) is 16.9 Å². The normalized spacial score (nSPS) is 8.92. The Morgan fingerprint density at radius 1 is 0.917 bits per heavy atom. The van der Waals surface area contributed by atoms with Crippen LogP contribution in [0.5, 0.6) is 5.75 Å². The molecule has 0 bridgehead atoms. The number of Topliss-reactive ketones (excluding diaryl/α,β-unsaturated/α-hetero) is 1. The summed E-state index contributed by atoms with van der Waals surface area (Å²) in [5.41, 5.74) is 5.19. The Hall–Kier alpha value is -4.19. The van der Waals surface area contributed by atoms with Crippen LogP contribution in [0, 0.1) is 6.92 Å². The zero-order chi connectivity index (χ0) is 27.3. The van der Waals surface area contributed by atoms with E-state index in [1.54, 1.807) is 21.1 Å². The van der Waals surface area contributed by atoms with E-state index in [1.165, 1.54) is 17.4 Å². The standard InChI is InChI=1S/C15H14O.C11H15NO2.C3H6O.CH2O/c1-11-5-3-4-6-15(11)14-9-7-13(8-10-14)12(2)16;1-3-4-11(13)12-9-5-7-10(14-2)8-6-9;1-3-4-2;1-2/h3-10H,1-2H3;5-8H,3-4H2,1-2H3,(H,12,13);3H,1H2,2H3;1H2. The SMILES string of the molecule is C=COC.C=O.CC(=O)c1ccc(-c2ccccc2C)cc1.CCCC(=O)Nc1ccc(OC)cc1. The van der Waals surface area contributed by atoms with E-state index in [-0.39, 0.29) is 11.7 Å². The first-order valence-electron chi connectivity index (χ1n) is 11.4. The van der Waals surface area contributed by atoms with Crippen LogP contribution in [-0.4, -0.2) is 32.7 Å². The predicted octanol–water partition coefficient (Wildman–Crippen LogP) is 6.89. The Morgan fingerprint density at radius 2 is 1.47 bits per heavy atom. The zero-order valence-corrected chi connectivity index (χ0v) is 21.9. The number of benzene rings is 3. The highest BCUT2D eigenvalue weighted by Crippen LogP contribution is 2.23. The second-order valence-electron chi connectivity index (χ2n) is 7.38. The predicted molar refractivity (Wildman–Crippen MR) is 147 cm³/mol. The van der Waals surface area contributed by atoms with Crippen LogP contribution in [0.3, 0.4) is 0 Å². The van der Waals surface area contributed by atoms with Gasteiger partial charge in [0.05, 0.1) is 20.5 Å². The Morgan fingerprint density at radius 3 is 1.92 bits per heavy atom. The maximum Gasteiger partial charge on any atom is 0.224 e. The number of carbonyl (C=O) groups excluding carboxylic acids is 3. The van der Waals surface area contributed by atoms with Crippen molar-refractivity contribution in [1.82, 2.24) is 0 Å². The van der Waals surface area contributed by atoms with Crippen LogP contribution in [0.25, 0.3) is 11.1 Å². The van der Waals surface area contributed by atoms with E-state index in [9.17, 15) is 9.59 Å². The van der Waals surface area contributed by atoms with Crippen LogP contribution in [-0.2, 0) is 14.3 Å². The first kappa shape index (κ1) is 31.8. The van der Waals surface area contributed by atoms with Crippen LogP contribution in [0.2, 0.25) is 0 Å². The minimum Gasteiger partial charge on any atom is -0.505 e. The Labute approximate surface area is 215 Å². The maximum atomic E-state index is 11.2. The molecule has 1 N–H and O–H groups in total. The van der Waals surface area contributed by atoms with Gasteiger partial charge in [-0.1, -0.05) is 62.0 Å². The van der Waals surface area contributed by atoms with Gasteiger partial charge in [-0.25, -0.2) is 0 Å². The van der Waals surface area contributed by atoms with Crippen molar-refractivity contribution in [1.29, 1.82) is 0 Å². The lowest BCUT2D eigenvalue weighted by molar-refractivity contribution is -0.116. The van der Waals surface area contributed by atoms with E-state index in [0.29, 0.717) is 6.42 Å². The van der Waals surface area contributed by atoms with Crippen LogP contribution in [0.1, 0.15) is 42.6 Å². The number of ether oxygens (including phenoxy) is 2. The van der Waals surface area contributed by atoms with Gasteiger partial charge in [-0.3, -0.25) is 9.59 Å².